The molecule has 4 unspecified atom stereocenters. The number of hydrogen-bond acceptors (Lipinski definition) is 7. The molecule has 0 fully saturated rings. The van der Waals surface area contributed by atoms with Gasteiger partial charge in [-0.25, -0.2) is 0 Å². The molecule has 7 nitrogen and oxygen atoms in total. The van der Waals surface area contributed by atoms with Crippen LogP contribution in [-0.4, -0.2) is 46.6 Å². The Kier molecular flexibility index (Phi) is 15.9. The number of esters is 2. The van der Waals surface area contributed by atoms with Gasteiger partial charge in [0.25, 0.3) is 0 Å². The molecule has 0 aliphatic heterocycles. The third-order valence-electron chi connectivity index (χ3n) is 9.63. The second kappa shape index (κ2) is 20.5. The number of carbonyl (C=O) groups is 2. The molecule has 0 aliphatic carbocycles. The summed E-state index contributed by atoms with van der Waals surface area (Å²) >= 11 is 0. The zero-order valence-electron chi connectivity index (χ0n) is 30.3. The number of ether oxygens (including phenoxy) is 3. The zero-order valence-corrected chi connectivity index (χ0v) is 30.3. The molecule has 8 atom stereocenters. The Labute approximate surface area is 303 Å². The van der Waals surface area contributed by atoms with Crippen LogP contribution in [0.3, 0.4) is 0 Å². The average molecular weight is 695 g/mol. The van der Waals surface area contributed by atoms with E-state index in [0.717, 1.165) is 22.3 Å². The van der Waals surface area contributed by atoms with Crippen LogP contribution in [0.25, 0.3) is 0 Å². The highest BCUT2D eigenvalue weighted by Gasteiger charge is 2.31. The molecule has 0 amide bonds. The molecule has 0 saturated carbocycles. The number of hydrogen-bond donors (Lipinski definition) is 2. The molecule has 4 aromatic carbocycles. The van der Waals surface area contributed by atoms with E-state index >= 15 is 0 Å². The summed E-state index contributed by atoms with van der Waals surface area (Å²) in [5, 5.41) is 22.5. The van der Waals surface area contributed by atoms with Crippen LogP contribution in [0.1, 0.15) is 87.8 Å². The first-order valence-electron chi connectivity index (χ1n) is 18.1. The van der Waals surface area contributed by atoms with Crippen molar-refractivity contribution >= 4 is 11.9 Å². The lowest BCUT2D eigenvalue weighted by atomic mass is 9.88. The van der Waals surface area contributed by atoms with E-state index in [1.165, 1.54) is 13.8 Å². The molecule has 272 valence electrons. The molecule has 7 heteroatoms. The molecule has 0 radical (unpaired) electrons. The highest BCUT2D eigenvalue weighted by molar-refractivity contribution is 5.66. The maximum Gasteiger partial charge on any atom is 0.302 e. The van der Waals surface area contributed by atoms with E-state index < -0.39 is 36.4 Å². The summed E-state index contributed by atoms with van der Waals surface area (Å²) in [5.41, 5.74) is 3.80. The fourth-order valence-corrected chi connectivity index (χ4v) is 6.76. The van der Waals surface area contributed by atoms with Crippen molar-refractivity contribution in [3.05, 3.63) is 144 Å². The summed E-state index contributed by atoms with van der Waals surface area (Å²) in [7, 11) is 0. The van der Waals surface area contributed by atoms with Crippen molar-refractivity contribution in [1.82, 2.24) is 0 Å². The van der Waals surface area contributed by atoms with Crippen molar-refractivity contribution < 1.29 is 34.0 Å². The molecule has 0 heterocycles. The van der Waals surface area contributed by atoms with Crippen LogP contribution in [0, 0.1) is 11.8 Å². The summed E-state index contributed by atoms with van der Waals surface area (Å²) in [5.74, 6) is -1.48. The molecule has 0 spiro atoms. The summed E-state index contributed by atoms with van der Waals surface area (Å²) < 4.78 is 18.7. The van der Waals surface area contributed by atoms with Crippen molar-refractivity contribution in [2.24, 2.45) is 11.8 Å². The molecule has 0 aromatic heterocycles. The number of benzene rings is 4. The minimum atomic E-state index is -0.804. The summed E-state index contributed by atoms with van der Waals surface area (Å²) in [6.45, 7) is 6.63. The van der Waals surface area contributed by atoms with Gasteiger partial charge in [0.15, 0.2) is 0 Å². The molecule has 4 aromatic rings. The predicted molar refractivity (Wildman–Crippen MR) is 200 cm³/mol. The van der Waals surface area contributed by atoms with Crippen LogP contribution in [0.4, 0.5) is 0 Å². The lowest BCUT2D eigenvalue weighted by molar-refractivity contribution is -0.152. The largest absolute Gasteiger partial charge is 0.462 e. The van der Waals surface area contributed by atoms with Gasteiger partial charge in [-0.15, -0.1) is 0 Å². The Morgan fingerprint density at radius 1 is 0.510 bits per heavy atom. The monoisotopic (exact) mass is 694 g/mol. The van der Waals surface area contributed by atoms with Crippen molar-refractivity contribution in [1.29, 1.82) is 0 Å². The Balaban J connectivity index is 1.56. The Bertz CT molecular complexity index is 1450. The van der Waals surface area contributed by atoms with Crippen molar-refractivity contribution in [3.63, 3.8) is 0 Å². The second-order valence-corrected chi connectivity index (χ2v) is 13.6. The van der Waals surface area contributed by atoms with Gasteiger partial charge in [0.05, 0.1) is 24.4 Å². The Morgan fingerprint density at radius 3 is 1.14 bits per heavy atom. The topological polar surface area (TPSA) is 102 Å². The van der Waals surface area contributed by atoms with Crippen molar-refractivity contribution in [3.8, 4) is 0 Å². The first-order valence-corrected chi connectivity index (χ1v) is 18.1. The molecule has 4 rings (SSSR count). The van der Waals surface area contributed by atoms with E-state index in [0.29, 0.717) is 38.5 Å². The van der Waals surface area contributed by atoms with Crippen LogP contribution in [0.2, 0.25) is 0 Å². The van der Waals surface area contributed by atoms with Crippen molar-refractivity contribution in [2.45, 2.75) is 103 Å². The van der Waals surface area contributed by atoms with Crippen LogP contribution >= 0.6 is 0 Å². The average Bonchev–Trinajstić information content (AvgIpc) is 3.14. The first-order chi connectivity index (χ1) is 24.6. The van der Waals surface area contributed by atoms with Gasteiger partial charge in [0.1, 0.15) is 12.2 Å². The Morgan fingerprint density at radius 2 is 0.824 bits per heavy atom. The quantitative estimate of drug-likeness (QED) is 0.0897. The van der Waals surface area contributed by atoms with E-state index in [1.807, 2.05) is 111 Å². The van der Waals surface area contributed by atoms with E-state index in [1.54, 1.807) is 0 Å². The highest BCUT2D eigenvalue weighted by Crippen LogP contribution is 2.32. The van der Waals surface area contributed by atoms with E-state index in [2.05, 4.69) is 24.3 Å². The minimum absolute atomic E-state index is 0.236. The summed E-state index contributed by atoms with van der Waals surface area (Å²) in [6.07, 6.45) is 0.313. The third-order valence-corrected chi connectivity index (χ3v) is 9.63. The van der Waals surface area contributed by atoms with E-state index in [9.17, 15) is 19.8 Å². The van der Waals surface area contributed by atoms with Gasteiger partial charge in [-0.3, -0.25) is 9.59 Å². The predicted octanol–water partition coefficient (Wildman–Crippen LogP) is 8.39. The maximum absolute atomic E-state index is 12.3. The molecule has 51 heavy (non-hydrogen) atoms. The maximum atomic E-state index is 12.3. The molecular formula is C44H54O7. The number of aliphatic hydroxyl groups excluding tert-OH is 2. The van der Waals surface area contributed by atoms with Gasteiger partial charge in [0, 0.05) is 25.7 Å². The zero-order chi connectivity index (χ0) is 36.6. The lowest BCUT2D eigenvalue weighted by Gasteiger charge is -2.32. The molecule has 2 N–H and O–H groups in total. The highest BCUT2D eigenvalue weighted by atomic mass is 16.5. The minimum Gasteiger partial charge on any atom is -0.462 e. The number of aliphatic hydroxyl groups is 2. The van der Waals surface area contributed by atoms with Crippen LogP contribution in [0.15, 0.2) is 121 Å². The van der Waals surface area contributed by atoms with Crippen LogP contribution in [-0.2, 0) is 36.6 Å². The summed E-state index contributed by atoms with van der Waals surface area (Å²) in [4.78, 5) is 24.5. The second-order valence-electron chi connectivity index (χ2n) is 13.6. The van der Waals surface area contributed by atoms with Crippen LogP contribution in [0.5, 0.6) is 0 Å². The first kappa shape index (κ1) is 39.5. The van der Waals surface area contributed by atoms with Gasteiger partial charge >= 0.3 is 11.9 Å². The fraction of sp³-hybridized carbons (Fsp3) is 0.409. The number of rotatable bonds is 20. The van der Waals surface area contributed by atoms with E-state index in [4.69, 9.17) is 14.2 Å². The van der Waals surface area contributed by atoms with Crippen LogP contribution < -0.4 is 0 Å². The summed E-state index contributed by atoms with van der Waals surface area (Å²) in [6, 6.07) is 39.2. The van der Waals surface area contributed by atoms with E-state index in [-0.39, 0.29) is 24.0 Å². The Hall–Kier alpha value is -4.30. The molecule has 0 saturated heterocycles. The normalized spacial score (nSPS) is 16.1. The molecular weight excluding hydrogens is 640 g/mol. The van der Waals surface area contributed by atoms with Gasteiger partial charge < -0.3 is 24.4 Å². The van der Waals surface area contributed by atoms with Gasteiger partial charge in [-0.05, 0) is 60.8 Å². The number of carbonyl (C=O) groups excluding carboxylic acids is 2. The van der Waals surface area contributed by atoms with Crippen molar-refractivity contribution in [2.75, 3.05) is 0 Å². The standard InChI is InChI=1S/C44H54O7/c1-31(43(47)37-21-13-7-14-22-37)41(49-33(3)45)27-25-39(29-35-17-9-5-10-18-35)51-40(30-36-19-11-6-12-20-36)26-28-42(50-34(4)46)32(2)44(48)38-23-15-8-16-24-38/h5-24,31-32,39-44,47-48H,25-30H2,1-4H3/t31-,32-,39?,40?,41+,42+,43?,44?/m1/s1. The van der Waals surface area contributed by atoms with Gasteiger partial charge in [-0.2, -0.15) is 0 Å². The fourth-order valence-electron chi connectivity index (χ4n) is 6.76. The SMILES string of the molecule is CC(=O)O[C@@H](CCC(Cc1ccccc1)OC(CC[C@H](OC(C)=O)[C@@H](C)C(O)c1ccccc1)Cc1ccccc1)[C@@H](C)C(O)c1ccccc1. The van der Waals surface area contributed by atoms with Gasteiger partial charge in [0.2, 0.25) is 0 Å². The molecule has 0 aliphatic rings. The molecule has 0 bridgehead atoms. The van der Waals surface area contributed by atoms with Gasteiger partial charge in [-0.1, -0.05) is 135 Å². The third kappa shape index (κ3) is 13.1. The smallest absolute Gasteiger partial charge is 0.302 e. The lowest BCUT2D eigenvalue weighted by Crippen LogP contribution is -2.33.